The number of carbonyl (C=O) groups is 1. The molecule has 2 aromatic rings. The average Bonchev–Trinajstić information content (AvgIpc) is 3.45. The van der Waals surface area contributed by atoms with Gasteiger partial charge in [-0.05, 0) is 54.1 Å². The van der Waals surface area contributed by atoms with Gasteiger partial charge in [0.15, 0.2) is 0 Å². The number of rotatable bonds is 8. The van der Waals surface area contributed by atoms with Crippen LogP contribution in [0.15, 0.2) is 42.5 Å². The SMILES string of the molecule is CCN(Cc1ccc(C=Cc2ccc(CC(=O)O)cc2)cc1C)C1CC1. The molecule has 0 aromatic heterocycles. The summed E-state index contributed by atoms with van der Waals surface area (Å²) in [5.41, 5.74) is 5.84. The molecule has 1 N–H and O–H groups in total. The van der Waals surface area contributed by atoms with Gasteiger partial charge >= 0.3 is 5.97 Å². The molecule has 0 amide bonds. The summed E-state index contributed by atoms with van der Waals surface area (Å²) in [6.45, 7) is 6.59. The normalized spacial score (nSPS) is 14.3. The maximum atomic E-state index is 10.7. The van der Waals surface area contributed by atoms with E-state index in [1.165, 1.54) is 29.5 Å². The van der Waals surface area contributed by atoms with E-state index in [0.717, 1.165) is 30.3 Å². The van der Waals surface area contributed by atoms with Crippen molar-refractivity contribution >= 4 is 18.1 Å². The molecule has 0 saturated heterocycles. The zero-order valence-electron chi connectivity index (χ0n) is 15.6. The van der Waals surface area contributed by atoms with Gasteiger partial charge in [0.2, 0.25) is 0 Å². The van der Waals surface area contributed by atoms with Crippen molar-refractivity contribution in [2.24, 2.45) is 0 Å². The summed E-state index contributed by atoms with van der Waals surface area (Å²) in [6, 6.07) is 15.1. The highest BCUT2D eigenvalue weighted by atomic mass is 16.4. The standard InChI is InChI=1S/C23H27NO2/c1-3-24(22-12-13-22)16-21-11-10-19(14-17(21)2)7-4-18-5-8-20(9-6-18)15-23(25)26/h4-11,14,22H,3,12-13,15-16H2,1-2H3,(H,25,26). The topological polar surface area (TPSA) is 40.5 Å². The van der Waals surface area contributed by atoms with E-state index >= 15 is 0 Å². The van der Waals surface area contributed by atoms with Crippen LogP contribution in [0.5, 0.6) is 0 Å². The predicted octanol–water partition coefficient (Wildman–Crippen LogP) is 4.78. The molecule has 0 heterocycles. The van der Waals surface area contributed by atoms with E-state index in [2.05, 4.69) is 49.1 Å². The third kappa shape index (κ3) is 5.06. The summed E-state index contributed by atoms with van der Waals surface area (Å²) < 4.78 is 0. The molecule has 0 aliphatic heterocycles. The summed E-state index contributed by atoms with van der Waals surface area (Å²) in [5, 5.41) is 8.82. The van der Waals surface area contributed by atoms with Crippen molar-refractivity contribution in [3.63, 3.8) is 0 Å². The molecule has 2 aromatic carbocycles. The molecular weight excluding hydrogens is 322 g/mol. The van der Waals surface area contributed by atoms with Crippen LogP contribution in [0, 0.1) is 6.92 Å². The molecular formula is C23H27NO2. The largest absolute Gasteiger partial charge is 0.481 e. The Labute approximate surface area is 156 Å². The van der Waals surface area contributed by atoms with Crippen molar-refractivity contribution in [2.75, 3.05) is 6.54 Å². The quantitative estimate of drug-likeness (QED) is 0.698. The van der Waals surface area contributed by atoms with Crippen molar-refractivity contribution in [3.8, 4) is 0 Å². The Morgan fingerprint density at radius 1 is 1.12 bits per heavy atom. The van der Waals surface area contributed by atoms with E-state index in [1.54, 1.807) is 0 Å². The second-order valence-electron chi connectivity index (χ2n) is 7.13. The summed E-state index contributed by atoms with van der Waals surface area (Å²) in [5.74, 6) is -0.799. The van der Waals surface area contributed by atoms with Crippen molar-refractivity contribution in [1.29, 1.82) is 0 Å². The van der Waals surface area contributed by atoms with Gasteiger partial charge in [0.1, 0.15) is 0 Å². The van der Waals surface area contributed by atoms with Gasteiger partial charge in [-0.1, -0.05) is 61.5 Å². The lowest BCUT2D eigenvalue weighted by atomic mass is 10.0. The number of carboxylic acid groups (broad SMARTS) is 1. The molecule has 0 radical (unpaired) electrons. The Morgan fingerprint density at radius 3 is 2.35 bits per heavy atom. The molecule has 136 valence electrons. The molecule has 1 fully saturated rings. The fourth-order valence-corrected chi connectivity index (χ4v) is 3.27. The van der Waals surface area contributed by atoms with Gasteiger partial charge in [-0.3, -0.25) is 9.69 Å². The fourth-order valence-electron chi connectivity index (χ4n) is 3.27. The second-order valence-corrected chi connectivity index (χ2v) is 7.13. The van der Waals surface area contributed by atoms with E-state index in [9.17, 15) is 4.79 Å². The number of nitrogens with zero attached hydrogens (tertiary/aromatic N) is 1. The lowest BCUT2D eigenvalue weighted by molar-refractivity contribution is -0.136. The Kier molecular flexibility index (Phi) is 5.89. The minimum absolute atomic E-state index is 0.0697. The summed E-state index contributed by atoms with van der Waals surface area (Å²) in [6.07, 6.45) is 6.95. The smallest absolute Gasteiger partial charge is 0.307 e. The number of carboxylic acids is 1. The van der Waals surface area contributed by atoms with Crippen LogP contribution >= 0.6 is 0 Å². The van der Waals surface area contributed by atoms with Crippen molar-refractivity contribution < 1.29 is 9.90 Å². The second kappa shape index (κ2) is 8.33. The van der Waals surface area contributed by atoms with Crippen LogP contribution in [-0.4, -0.2) is 28.6 Å². The first-order valence-corrected chi connectivity index (χ1v) is 9.37. The molecule has 3 nitrogen and oxygen atoms in total. The van der Waals surface area contributed by atoms with E-state index in [4.69, 9.17) is 5.11 Å². The third-order valence-corrected chi connectivity index (χ3v) is 5.01. The molecule has 1 aliphatic rings. The highest BCUT2D eigenvalue weighted by Gasteiger charge is 2.27. The van der Waals surface area contributed by atoms with Crippen LogP contribution in [0.2, 0.25) is 0 Å². The summed E-state index contributed by atoms with van der Waals surface area (Å²) in [7, 11) is 0. The Bertz CT molecular complexity index is 788. The van der Waals surface area contributed by atoms with E-state index in [1.807, 2.05) is 24.3 Å². The molecule has 0 unspecified atom stereocenters. The Morgan fingerprint density at radius 2 is 1.77 bits per heavy atom. The minimum atomic E-state index is -0.799. The molecule has 3 heteroatoms. The van der Waals surface area contributed by atoms with Crippen LogP contribution in [0.3, 0.4) is 0 Å². The molecule has 26 heavy (non-hydrogen) atoms. The number of aryl methyl sites for hydroxylation is 1. The lowest BCUT2D eigenvalue weighted by Gasteiger charge is -2.21. The van der Waals surface area contributed by atoms with Crippen molar-refractivity contribution in [1.82, 2.24) is 4.90 Å². The van der Waals surface area contributed by atoms with Gasteiger partial charge in [0.25, 0.3) is 0 Å². The van der Waals surface area contributed by atoms with Gasteiger partial charge in [-0.2, -0.15) is 0 Å². The maximum absolute atomic E-state index is 10.7. The van der Waals surface area contributed by atoms with E-state index < -0.39 is 5.97 Å². The first-order chi connectivity index (χ1) is 12.5. The van der Waals surface area contributed by atoms with E-state index in [0.29, 0.717) is 0 Å². The van der Waals surface area contributed by atoms with E-state index in [-0.39, 0.29) is 6.42 Å². The number of hydrogen-bond acceptors (Lipinski definition) is 2. The van der Waals surface area contributed by atoms with Gasteiger partial charge in [0, 0.05) is 12.6 Å². The molecule has 3 rings (SSSR count). The Balaban J connectivity index is 1.65. The van der Waals surface area contributed by atoms with Crippen molar-refractivity contribution in [2.45, 2.75) is 45.7 Å². The minimum Gasteiger partial charge on any atom is -0.481 e. The van der Waals surface area contributed by atoms with Gasteiger partial charge in [-0.25, -0.2) is 0 Å². The number of hydrogen-bond donors (Lipinski definition) is 1. The zero-order valence-corrected chi connectivity index (χ0v) is 15.6. The monoisotopic (exact) mass is 349 g/mol. The maximum Gasteiger partial charge on any atom is 0.307 e. The first-order valence-electron chi connectivity index (χ1n) is 9.37. The third-order valence-electron chi connectivity index (χ3n) is 5.01. The highest BCUT2D eigenvalue weighted by Crippen LogP contribution is 2.28. The van der Waals surface area contributed by atoms with Crippen LogP contribution < -0.4 is 0 Å². The zero-order chi connectivity index (χ0) is 18.5. The number of benzene rings is 2. The Hall–Kier alpha value is -2.39. The summed E-state index contributed by atoms with van der Waals surface area (Å²) in [4.78, 5) is 13.3. The molecule has 1 aliphatic carbocycles. The molecule has 0 bridgehead atoms. The van der Waals surface area contributed by atoms with Crippen LogP contribution in [0.25, 0.3) is 12.2 Å². The first kappa shape index (κ1) is 18.4. The lowest BCUT2D eigenvalue weighted by Crippen LogP contribution is -2.25. The van der Waals surface area contributed by atoms with Crippen molar-refractivity contribution in [3.05, 3.63) is 70.3 Å². The van der Waals surface area contributed by atoms with Gasteiger partial charge in [0.05, 0.1) is 6.42 Å². The average molecular weight is 349 g/mol. The van der Waals surface area contributed by atoms with Crippen LogP contribution in [0.4, 0.5) is 0 Å². The predicted molar refractivity (Wildman–Crippen MR) is 107 cm³/mol. The van der Waals surface area contributed by atoms with Crippen LogP contribution in [0.1, 0.15) is 47.6 Å². The highest BCUT2D eigenvalue weighted by molar-refractivity contribution is 5.72. The summed E-state index contributed by atoms with van der Waals surface area (Å²) >= 11 is 0. The van der Waals surface area contributed by atoms with Crippen LogP contribution in [-0.2, 0) is 17.8 Å². The molecule has 0 spiro atoms. The fraction of sp³-hybridized carbons (Fsp3) is 0.348. The number of aliphatic carboxylic acids is 1. The molecule has 0 atom stereocenters. The van der Waals surface area contributed by atoms with Gasteiger partial charge in [-0.15, -0.1) is 0 Å². The molecule has 1 saturated carbocycles. The van der Waals surface area contributed by atoms with Gasteiger partial charge < -0.3 is 5.11 Å².